The van der Waals surface area contributed by atoms with Gasteiger partial charge in [0, 0.05) is 0 Å². The molecule has 1 nitrogen and oxygen atoms in total. The van der Waals surface area contributed by atoms with Crippen molar-refractivity contribution in [3.05, 3.63) is 121 Å². The fourth-order valence-corrected chi connectivity index (χ4v) is 8.87. The molecule has 30 heavy (non-hydrogen) atoms. The fourth-order valence-electron chi connectivity index (χ4n) is 3.92. The van der Waals surface area contributed by atoms with Crippen LogP contribution >= 0.6 is 5.51 Å². The third kappa shape index (κ3) is 3.38. The van der Waals surface area contributed by atoms with Gasteiger partial charge in [-0.15, -0.1) is 0 Å². The Morgan fingerprint density at radius 3 is 1.70 bits per heavy atom. The number of nitrogens with zero attached hydrogens (tertiary/aromatic N) is 1. The quantitative estimate of drug-likeness (QED) is 0.258. The minimum atomic E-state index is -1.82. The van der Waals surface area contributed by atoms with Gasteiger partial charge in [0.15, 0.2) is 0 Å². The van der Waals surface area contributed by atoms with Crippen molar-refractivity contribution in [2.75, 3.05) is 0 Å². The first-order valence-electron chi connectivity index (χ1n) is 9.93. The second-order valence-corrected chi connectivity index (χ2v) is 13.4. The van der Waals surface area contributed by atoms with Crippen molar-refractivity contribution in [2.24, 2.45) is 0 Å². The van der Waals surface area contributed by atoms with Gasteiger partial charge in [0.2, 0.25) is 0 Å². The molecule has 1 aromatic heterocycles. The molecule has 0 aliphatic rings. The number of pyridine rings is 1. The van der Waals surface area contributed by atoms with E-state index in [-0.39, 0.29) is 0 Å². The zero-order chi connectivity index (χ0) is 20.4. The molecular weight excluding hydrogens is 448 g/mol. The van der Waals surface area contributed by atoms with Crippen LogP contribution in [0.2, 0.25) is 0 Å². The van der Waals surface area contributed by atoms with Gasteiger partial charge >= 0.3 is 185 Å². The van der Waals surface area contributed by atoms with Crippen molar-refractivity contribution in [3.8, 4) is 11.1 Å². The Bertz CT molecular complexity index is 1300. The van der Waals surface area contributed by atoms with Crippen LogP contribution in [0.4, 0.5) is 0 Å². The molecule has 0 N–H and O–H groups in total. The van der Waals surface area contributed by atoms with Gasteiger partial charge in [0.05, 0.1) is 0 Å². The second kappa shape index (κ2) is 8.17. The number of para-hydroxylation sites is 1. The van der Waals surface area contributed by atoms with E-state index in [0.717, 1.165) is 5.52 Å². The summed E-state index contributed by atoms with van der Waals surface area (Å²) in [5, 5.41) is 5.21. The van der Waals surface area contributed by atoms with E-state index in [2.05, 4.69) is 129 Å². The van der Waals surface area contributed by atoms with Crippen LogP contribution in [0.1, 0.15) is 0 Å². The monoisotopic (exact) mass is 469 g/mol. The normalized spacial score (nSPS) is 11.5. The van der Waals surface area contributed by atoms with Gasteiger partial charge in [0.1, 0.15) is 0 Å². The van der Waals surface area contributed by atoms with Gasteiger partial charge in [-0.25, -0.2) is 0 Å². The van der Waals surface area contributed by atoms with E-state index in [1.807, 2.05) is 12.3 Å². The summed E-state index contributed by atoms with van der Waals surface area (Å²) < 4.78 is 0. The van der Waals surface area contributed by atoms with Crippen LogP contribution in [0.5, 0.6) is 0 Å². The molecule has 0 atom stereocenters. The van der Waals surface area contributed by atoms with E-state index in [9.17, 15) is 0 Å². The van der Waals surface area contributed by atoms with Crippen molar-refractivity contribution in [2.45, 2.75) is 0 Å². The minimum absolute atomic E-state index is 1.03. The van der Waals surface area contributed by atoms with E-state index < -0.39 is 5.51 Å². The summed E-state index contributed by atoms with van der Waals surface area (Å²) in [7, 11) is 0. The van der Waals surface area contributed by atoms with Crippen LogP contribution in [0.25, 0.3) is 22.0 Å². The first-order valence-corrected chi connectivity index (χ1v) is 13.9. The maximum atomic E-state index is 4.50. The Labute approximate surface area is 184 Å². The number of hydrogen-bond acceptors (Lipinski definition) is 1. The zero-order valence-electron chi connectivity index (χ0n) is 16.3. The molecule has 3 heteroatoms. The molecule has 0 aliphatic carbocycles. The van der Waals surface area contributed by atoms with Crippen molar-refractivity contribution in [1.82, 2.24) is 4.98 Å². The fraction of sp³-hybridized carbons (Fsp3) is 0. The van der Waals surface area contributed by atoms with Crippen molar-refractivity contribution < 1.29 is 0 Å². The molecule has 0 saturated carbocycles. The topological polar surface area (TPSA) is 12.9 Å². The molecule has 4 aromatic carbocycles. The number of benzene rings is 4. The van der Waals surface area contributed by atoms with E-state index in [4.69, 9.17) is 0 Å². The zero-order valence-corrected chi connectivity index (χ0v) is 19.0. The van der Waals surface area contributed by atoms with Crippen LogP contribution in [0.15, 0.2) is 121 Å². The number of rotatable bonds is 4. The molecule has 0 saturated heterocycles. The van der Waals surface area contributed by atoms with Gasteiger partial charge in [-0.1, -0.05) is 0 Å². The predicted octanol–water partition coefficient (Wildman–Crippen LogP) is 5.28. The molecule has 0 radical (unpaired) electrons. The van der Waals surface area contributed by atoms with Gasteiger partial charge in [0.25, 0.3) is 0 Å². The first-order chi connectivity index (χ1) is 14.8. The van der Waals surface area contributed by atoms with Gasteiger partial charge < -0.3 is 0 Å². The standard InChI is InChI=1S/C27H20NPSe/c30-29(22-9-3-1-4-10-22,23-11-5-2-6-12-23)24-17-15-21(16-18-24)25-19-20-28-27-14-8-7-13-26(25)27/h1-20H. The summed E-state index contributed by atoms with van der Waals surface area (Å²) in [6, 6.07) is 41.1. The van der Waals surface area contributed by atoms with Crippen LogP contribution < -0.4 is 15.9 Å². The summed E-state index contributed by atoms with van der Waals surface area (Å²) in [4.78, 5) is 4.50. The molecule has 0 unspecified atom stereocenters. The Kier molecular flexibility index (Phi) is 5.23. The molecule has 5 rings (SSSR count). The maximum absolute atomic E-state index is 4.50. The average Bonchev–Trinajstić information content (AvgIpc) is 2.84. The Balaban J connectivity index is 1.65. The van der Waals surface area contributed by atoms with Gasteiger partial charge in [-0.2, -0.15) is 0 Å². The van der Waals surface area contributed by atoms with Gasteiger partial charge in [-0.3, -0.25) is 0 Å². The Morgan fingerprint density at radius 2 is 1.07 bits per heavy atom. The second-order valence-electron chi connectivity index (χ2n) is 7.20. The summed E-state index contributed by atoms with van der Waals surface area (Å²) >= 11 is 3.63. The van der Waals surface area contributed by atoms with Crippen molar-refractivity contribution >= 4 is 47.4 Å². The molecule has 1 heterocycles. The summed E-state index contributed by atoms with van der Waals surface area (Å²) in [5.41, 5.74) is 1.63. The van der Waals surface area contributed by atoms with E-state index in [1.165, 1.54) is 32.4 Å². The van der Waals surface area contributed by atoms with Crippen molar-refractivity contribution in [1.29, 1.82) is 0 Å². The molecule has 0 bridgehead atoms. The molecule has 0 fully saturated rings. The van der Waals surface area contributed by atoms with E-state index in [1.54, 1.807) is 0 Å². The first kappa shape index (κ1) is 19.2. The summed E-state index contributed by atoms with van der Waals surface area (Å²) in [5.74, 6) is 0. The Morgan fingerprint density at radius 1 is 0.533 bits per heavy atom. The number of fused-ring (bicyclic) bond motifs is 1. The van der Waals surface area contributed by atoms with Gasteiger partial charge in [-0.05, 0) is 0 Å². The van der Waals surface area contributed by atoms with Crippen LogP contribution in [0.3, 0.4) is 0 Å². The average molecular weight is 468 g/mol. The molecule has 5 aromatic rings. The van der Waals surface area contributed by atoms with Crippen LogP contribution in [0, 0.1) is 0 Å². The van der Waals surface area contributed by atoms with Crippen LogP contribution in [-0.4, -0.2) is 20.1 Å². The van der Waals surface area contributed by atoms with Crippen LogP contribution in [-0.2, 0) is 0 Å². The molecular formula is C27H20NPSe. The predicted molar refractivity (Wildman–Crippen MR) is 132 cm³/mol. The number of aromatic nitrogens is 1. The SMILES string of the molecule is [Se]=P(c1ccccc1)(c1ccccc1)c1ccc(-c2ccnc3ccccc23)cc1. The summed E-state index contributed by atoms with van der Waals surface area (Å²) in [6.07, 6.45) is 1.89. The number of hydrogen-bond donors (Lipinski definition) is 0. The third-order valence-corrected chi connectivity index (χ3v) is 12.5. The molecule has 0 aliphatic heterocycles. The van der Waals surface area contributed by atoms with E-state index in [0.29, 0.717) is 0 Å². The summed E-state index contributed by atoms with van der Waals surface area (Å²) in [6.45, 7) is 0. The van der Waals surface area contributed by atoms with E-state index >= 15 is 0 Å². The molecule has 144 valence electrons. The molecule has 0 spiro atoms. The Hall–Kier alpha value is -2.76. The molecule has 0 amide bonds. The third-order valence-electron chi connectivity index (χ3n) is 5.43. The van der Waals surface area contributed by atoms with Crippen molar-refractivity contribution in [3.63, 3.8) is 0 Å².